The molecule has 2 nitrogen and oxygen atoms in total. The van der Waals surface area contributed by atoms with E-state index in [1.165, 1.54) is 23.1 Å². The second-order valence-corrected chi connectivity index (χ2v) is 7.36. The summed E-state index contributed by atoms with van der Waals surface area (Å²) >= 11 is 1.75. The number of benzene rings is 1. The Kier molecular flexibility index (Phi) is 2.63. The summed E-state index contributed by atoms with van der Waals surface area (Å²) in [7, 11) is 0. The second-order valence-electron chi connectivity index (χ2n) is 6.12. The molecule has 1 aliphatic rings. The van der Waals surface area contributed by atoms with Gasteiger partial charge in [-0.2, -0.15) is 0 Å². The van der Waals surface area contributed by atoms with Crippen LogP contribution < -0.4 is 4.74 Å². The Morgan fingerprint density at radius 2 is 2.00 bits per heavy atom. The van der Waals surface area contributed by atoms with Gasteiger partial charge in [0.1, 0.15) is 11.3 Å². The van der Waals surface area contributed by atoms with Gasteiger partial charge in [0, 0.05) is 0 Å². The third kappa shape index (κ3) is 2.24. The van der Waals surface area contributed by atoms with Gasteiger partial charge in [-0.25, -0.2) is 4.98 Å². The minimum atomic E-state index is 0.147. The van der Waals surface area contributed by atoms with Crippen LogP contribution in [0.1, 0.15) is 44.2 Å². The molecular formula is C15H19NOS. The molecule has 0 atom stereocenters. The summed E-state index contributed by atoms with van der Waals surface area (Å²) in [6.45, 7) is 8.78. The molecule has 96 valence electrons. The van der Waals surface area contributed by atoms with Crippen molar-refractivity contribution in [1.29, 1.82) is 0 Å². The van der Waals surface area contributed by atoms with Gasteiger partial charge in [0.15, 0.2) is 0 Å². The van der Waals surface area contributed by atoms with Crippen molar-refractivity contribution in [3.63, 3.8) is 0 Å². The molecule has 0 saturated heterocycles. The van der Waals surface area contributed by atoms with Gasteiger partial charge in [-0.15, -0.1) is 11.3 Å². The molecule has 0 N–H and O–H groups in total. The van der Waals surface area contributed by atoms with Crippen LogP contribution in [0.5, 0.6) is 5.75 Å². The zero-order valence-corrected chi connectivity index (χ0v) is 12.2. The van der Waals surface area contributed by atoms with Crippen molar-refractivity contribution in [3.05, 3.63) is 22.7 Å². The van der Waals surface area contributed by atoms with E-state index in [-0.39, 0.29) is 5.41 Å². The molecule has 2 aromatic rings. The van der Waals surface area contributed by atoms with Crippen molar-refractivity contribution < 1.29 is 4.74 Å². The van der Waals surface area contributed by atoms with Gasteiger partial charge in [-0.05, 0) is 42.9 Å². The first kappa shape index (κ1) is 12.0. The largest absolute Gasteiger partial charge is 0.488 e. The summed E-state index contributed by atoms with van der Waals surface area (Å²) < 4.78 is 7.28. The fourth-order valence-electron chi connectivity index (χ4n) is 2.00. The number of aromatic nitrogens is 1. The number of thiazole rings is 1. The summed E-state index contributed by atoms with van der Waals surface area (Å²) in [6, 6.07) is 4.44. The number of hydrogen-bond donors (Lipinski definition) is 0. The maximum Gasteiger partial charge on any atom is 0.147 e. The molecule has 1 aliphatic carbocycles. The van der Waals surface area contributed by atoms with Gasteiger partial charge in [0.2, 0.25) is 0 Å². The Morgan fingerprint density at radius 3 is 2.61 bits per heavy atom. The van der Waals surface area contributed by atoms with E-state index < -0.39 is 0 Å². The monoisotopic (exact) mass is 261 g/mol. The normalized spacial score (nSPS) is 16.2. The van der Waals surface area contributed by atoms with Gasteiger partial charge >= 0.3 is 0 Å². The maximum absolute atomic E-state index is 6.03. The summed E-state index contributed by atoms with van der Waals surface area (Å²) in [5.41, 5.74) is 2.51. The molecule has 1 aromatic heterocycles. The number of nitrogens with zero attached hydrogens (tertiary/aromatic N) is 1. The Hall–Kier alpha value is -1.09. The lowest BCUT2D eigenvalue weighted by molar-refractivity contribution is 0.305. The summed E-state index contributed by atoms with van der Waals surface area (Å²) in [5, 5.41) is 1.11. The van der Waals surface area contributed by atoms with Gasteiger partial charge in [-0.1, -0.05) is 20.8 Å². The molecule has 1 saturated carbocycles. The predicted molar refractivity (Wildman–Crippen MR) is 76.7 cm³/mol. The topological polar surface area (TPSA) is 22.1 Å². The molecular weight excluding hydrogens is 242 g/mol. The molecule has 0 bridgehead atoms. The summed E-state index contributed by atoms with van der Waals surface area (Å²) in [4.78, 5) is 4.61. The van der Waals surface area contributed by atoms with Gasteiger partial charge in [0.05, 0.1) is 15.8 Å². The molecule has 0 unspecified atom stereocenters. The molecule has 18 heavy (non-hydrogen) atoms. The van der Waals surface area contributed by atoms with Crippen LogP contribution in [0.3, 0.4) is 0 Å². The highest BCUT2D eigenvalue weighted by atomic mass is 32.1. The Bertz CT molecular complexity index is 590. The van der Waals surface area contributed by atoms with E-state index >= 15 is 0 Å². The van der Waals surface area contributed by atoms with Crippen molar-refractivity contribution in [3.8, 4) is 5.75 Å². The first-order valence-electron chi connectivity index (χ1n) is 6.52. The highest BCUT2D eigenvalue weighted by molar-refractivity contribution is 7.18. The van der Waals surface area contributed by atoms with Crippen LogP contribution in [-0.4, -0.2) is 11.1 Å². The van der Waals surface area contributed by atoms with Crippen LogP contribution in [0.2, 0.25) is 0 Å². The quantitative estimate of drug-likeness (QED) is 0.797. The third-order valence-electron chi connectivity index (χ3n) is 3.25. The van der Waals surface area contributed by atoms with E-state index in [0.717, 1.165) is 16.3 Å². The molecule has 0 aliphatic heterocycles. The highest BCUT2D eigenvalue weighted by Crippen LogP contribution is 2.38. The van der Waals surface area contributed by atoms with Crippen LogP contribution in [0.4, 0.5) is 0 Å². The number of aryl methyl sites for hydroxylation is 1. The SMILES string of the molecule is Cc1nc2c(OC3CC3)cc(C(C)(C)C)cc2s1. The second kappa shape index (κ2) is 3.95. The van der Waals surface area contributed by atoms with E-state index in [9.17, 15) is 0 Å². The molecule has 0 amide bonds. The zero-order chi connectivity index (χ0) is 12.9. The molecule has 3 heteroatoms. The van der Waals surface area contributed by atoms with Crippen molar-refractivity contribution in [2.75, 3.05) is 0 Å². The average molecular weight is 261 g/mol. The van der Waals surface area contributed by atoms with E-state index in [1.54, 1.807) is 11.3 Å². The minimum absolute atomic E-state index is 0.147. The van der Waals surface area contributed by atoms with E-state index in [2.05, 4.69) is 44.8 Å². The molecule has 1 heterocycles. The van der Waals surface area contributed by atoms with Gasteiger partial charge in [0.25, 0.3) is 0 Å². The molecule has 1 aromatic carbocycles. The lowest BCUT2D eigenvalue weighted by Gasteiger charge is -2.20. The van der Waals surface area contributed by atoms with E-state index in [1.807, 2.05) is 0 Å². The highest BCUT2D eigenvalue weighted by Gasteiger charge is 2.26. The lowest BCUT2D eigenvalue weighted by Crippen LogP contribution is -2.11. The van der Waals surface area contributed by atoms with Crippen molar-refractivity contribution in [1.82, 2.24) is 4.98 Å². The van der Waals surface area contributed by atoms with Crippen LogP contribution in [0.15, 0.2) is 12.1 Å². The summed E-state index contributed by atoms with van der Waals surface area (Å²) in [6.07, 6.45) is 2.79. The standard InChI is InChI=1S/C15H19NOS/c1-9-16-14-12(17-11-5-6-11)7-10(15(2,3)4)8-13(14)18-9/h7-8,11H,5-6H2,1-4H3. The van der Waals surface area contributed by atoms with E-state index in [4.69, 9.17) is 4.74 Å². The Balaban J connectivity index is 2.15. The first-order valence-corrected chi connectivity index (χ1v) is 7.33. The van der Waals surface area contributed by atoms with Crippen molar-refractivity contribution >= 4 is 21.6 Å². The number of hydrogen-bond acceptors (Lipinski definition) is 3. The zero-order valence-electron chi connectivity index (χ0n) is 11.4. The lowest BCUT2D eigenvalue weighted by atomic mass is 9.87. The third-order valence-corrected chi connectivity index (χ3v) is 4.17. The minimum Gasteiger partial charge on any atom is -0.488 e. The van der Waals surface area contributed by atoms with E-state index in [0.29, 0.717) is 6.10 Å². The molecule has 1 fully saturated rings. The average Bonchev–Trinajstić information content (AvgIpc) is 2.97. The van der Waals surface area contributed by atoms with Crippen molar-refractivity contribution in [2.45, 2.75) is 52.1 Å². The van der Waals surface area contributed by atoms with Gasteiger partial charge < -0.3 is 4.74 Å². The summed E-state index contributed by atoms with van der Waals surface area (Å²) in [5.74, 6) is 0.976. The first-order chi connectivity index (χ1) is 8.43. The Labute approximate surface area is 112 Å². The molecule has 0 spiro atoms. The predicted octanol–water partition coefficient (Wildman–Crippen LogP) is 4.44. The number of ether oxygens (including phenoxy) is 1. The van der Waals surface area contributed by atoms with Crippen LogP contribution in [0.25, 0.3) is 10.2 Å². The Morgan fingerprint density at radius 1 is 1.28 bits per heavy atom. The van der Waals surface area contributed by atoms with Gasteiger partial charge in [-0.3, -0.25) is 0 Å². The fourth-order valence-corrected chi connectivity index (χ4v) is 2.88. The smallest absolute Gasteiger partial charge is 0.147 e. The van der Waals surface area contributed by atoms with Crippen LogP contribution in [-0.2, 0) is 5.41 Å². The number of rotatable bonds is 2. The fraction of sp³-hybridized carbons (Fsp3) is 0.533. The van der Waals surface area contributed by atoms with Crippen LogP contribution >= 0.6 is 11.3 Å². The number of fused-ring (bicyclic) bond motifs is 1. The molecule has 3 rings (SSSR count). The van der Waals surface area contributed by atoms with Crippen LogP contribution in [0, 0.1) is 6.92 Å². The molecule has 0 radical (unpaired) electrons. The van der Waals surface area contributed by atoms with Crippen molar-refractivity contribution in [2.24, 2.45) is 0 Å². The maximum atomic E-state index is 6.03.